The third kappa shape index (κ3) is 6.03. The molecule has 2 atom stereocenters. The highest BCUT2D eigenvalue weighted by Gasteiger charge is 2.24. The molecule has 0 radical (unpaired) electrons. The Labute approximate surface area is 105 Å². The molecule has 0 aromatic rings. The summed E-state index contributed by atoms with van der Waals surface area (Å²) in [4.78, 5) is 13.1. The Morgan fingerprint density at radius 3 is 2.76 bits per heavy atom. The van der Waals surface area contributed by atoms with Crippen molar-refractivity contribution in [3.05, 3.63) is 0 Å². The van der Waals surface area contributed by atoms with Gasteiger partial charge in [0.1, 0.15) is 0 Å². The number of carbonyl (C=O) groups is 1. The van der Waals surface area contributed by atoms with Gasteiger partial charge in [-0.2, -0.15) is 0 Å². The lowest BCUT2D eigenvalue weighted by Gasteiger charge is -2.36. The second-order valence-electron chi connectivity index (χ2n) is 5.83. The van der Waals surface area contributed by atoms with Crippen molar-refractivity contribution < 1.29 is 4.79 Å². The summed E-state index contributed by atoms with van der Waals surface area (Å²) < 4.78 is 0. The molecule has 0 aromatic heterocycles. The summed E-state index contributed by atoms with van der Waals surface area (Å²) in [5.74, 6) is 1.16. The van der Waals surface area contributed by atoms with Crippen LogP contribution in [0.3, 0.4) is 0 Å². The Hall–Kier alpha value is -0.610. The summed E-state index contributed by atoms with van der Waals surface area (Å²) in [6.45, 7) is 10.1. The highest BCUT2D eigenvalue weighted by Crippen LogP contribution is 2.16. The molecule has 0 saturated carbocycles. The number of nitrogens with two attached hydrogens (primary N) is 1. The van der Waals surface area contributed by atoms with Gasteiger partial charge in [-0.25, -0.2) is 0 Å². The van der Waals surface area contributed by atoms with Gasteiger partial charge in [-0.1, -0.05) is 20.8 Å². The first kappa shape index (κ1) is 14.5. The first-order valence-electron chi connectivity index (χ1n) is 6.71. The smallest absolute Gasteiger partial charge is 0.231 e. The zero-order valence-electron chi connectivity index (χ0n) is 11.4. The second-order valence-corrected chi connectivity index (χ2v) is 5.83. The van der Waals surface area contributed by atoms with E-state index in [0.29, 0.717) is 18.5 Å². The van der Waals surface area contributed by atoms with E-state index in [1.807, 2.05) is 0 Å². The SMILES string of the molecule is CC(C)CCNC1CC(C)CN(CC(N)=O)C1. The maximum Gasteiger partial charge on any atom is 0.231 e. The van der Waals surface area contributed by atoms with Gasteiger partial charge in [-0.3, -0.25) is 9.69 Å². The van der Waals surface area contributed by atoms with Gasteiger partial charge in [0.15, 0.2) is 0 Å². The molecule has 1 aliphatic heterocycles. The van der Waals surface area contributed by atoms with Crippen LogP contribution in [0.4, 0.5) is 0 Å². The number of amides is 1. The van der Waals surface area contributed by atoms with Crippen LogP contribution in [0.1, 0.15) is 33.6 Å². The molecule has 4 heteroatoms. The van der Waals surface area contributed by atoms with Crippen molar-refractivity contribution in [3.63, 3.8) is 0 Å². The largest absolute Gasteiger partial charge is 0.369 e. The molecular weight excluding hydrogens is 214 g/mol. The zero-order valence-corrected chi connectivity index (χ0v) is 11.4. The maximum absolute atomic E-state index is 10.9. The third-order valence-corrected chi connectivity index (χ3v) is 3.27. The summed E-state index contributed by atoms with van der Waals surface area (Å²) >= 11 is 0. The molecule has 17 heavy (non-hydrogen) atoms. The van der Waals surface area contributed by atoms with Crippen LogP contribution in [0.15, 0.2) is 0 Å². The van der Waals surface area contributed by atoms with Crippen molar-refractivity contribution >= 4 is 5.91 Å². The van der Waals surface area contributed by atoms with E-state index < -0.39 is 0 Å². The summed E-state index contributed by atoms with van der Waals surface area (Å²) in [6.07, 6.45) is 2.41. The third-order valence-electron chi connectivity index (χ3n) is 3.27. The predicted octanol–water partition coefficient (Wildman–Crippen LogP) is 0.818. The molecule has 1 aliphatic rings. The molecule has 4 nitrogen and oxygen atoms in total. The summed E-state index contributed by atoms with van der Waals surface area (Å²) in [7, 11) is 0. The van der Waals surface area contributed by atoms with Crippen LogP contribution in [0, 0.1) is 11.8 Å². The Balaban J connectivity index is 2.31. The Kier molecular flexibility index (Phi) is 5.92. The highest BCUT2D eigenvalue weighted by atomic mass is 16.1. The molecule has 0 bridgehead atoms. The summed E-state index contributed by atoms with van der Waals surface area (Å²) in [5, 5.41) is 3.59. The first-order valence-corrected chi connectivity index (χ1v) is 6.71. The van der Waals surface area contributed by atoms with E-state index >= 15 is 0 Å². The lowest BCUT2D eigenvalue weighted by Crippen LogP contribution is -2.51. The van der Waals surface area contributed by atoms with E-state index in [0.717, 1.165) is 25.6 Å². The van der Waals surface area contributed by atoms with Crippen LogP contribution in [0.5, 0.6) is 0 Å². The lowest BCUT2D eigenvalue weighted by molar-refractivity contribution is -0.119. The molecule has 1 rings (SSSR count). The molecule has 2 unspecified atom stereocenters. The molecule has 0 aromatic carbocycles. The van der Waals surface area contributed by atoms with Crippen molar-refractivity contribution in [1.29, 1.82) is 0 Å². The van der Waals surface area contributed by atoms with Gasteiger partial charge < -0.3 is 11.1 Å². The van der Waals surface area contributed by atoms with Gasteiger partial charge in [-0.05, 0) is 31.2 Å². The van der Waals surface area contributed by atoms with Crippen LogP contribution in [0.2, 0.25) is 0 Å². The van der Waals surface area contributed by atoms with Gasteiger partial charge in [0.2, 0.25) is 5.91 Å². The van der Waals surface area contributed by atoms with Gasteiger partial charge in [-0.15, -0.1) is 0 Å². The van der Waals surface area contributed by atoms with Gasteiger partial charge in [0, 0.05) is 19.1 Å². The molecule has 1 fully saturated rings. The number of hydrogen-bond acceptors (Lipinski definition) is 3. The fraction of sp³-hybridized carbons (Fsp3) is 0.923. The first-order chi connectivity index (χ1) is 7.97. The Morgan fingerprint density at radius 2 is 2.18 bits per heavy atom. The monoisotopic (exact) mass is 241 g/mol. The average molecular weight is 241 g/mol. The number of hydrogen-bond donors (Lipinski definition) is 2. The zero-order chi connectivity index (χ0) is 12.8. The van der Waals surface area contributed by atoms with Crippen molar-refractivity contribution in [2.24, 2.45) is 17.6 Å². The Bertz CT molecular complexity index is 243. The molecule has 1 saturated heterocycles. The minimum atomic E-state index is -0.222. The number of nitrogens with zero attached hydrogens (tertiary/aromatic N) is 1. The van der Waals surface area contributed by atoms with Crippen LogP contribution >= 0.6 is 0 Å². The number of rotatable bonds is 6. The van der Waals surface area contributed by atoms with Crippen LogP contribution in [-0.4, -0.2) is 43.0 Å². The molecule has 0 spiro atoms. The van der Waals surface area contributed by atoms with Crippen LogP contribution in [-0.2, 0) is 4.79 Å². The van der Waals surface area contributed by atoms with Crippen LogP contribution in [0.25, 0.3) is 0 Å². The van der Waals surface area contributed by atoms with Crippen molar-refractivity contribution in [1.82, 2.24) is 10.2 Å². The topological polar surface area (TPSA) is 58.4 Å². The standard InChI is InChI=1S/C13H27N3O/c1-10(2)4-5-15-12-6-11(3)7-16(8-12)9-13(14)17/h10-12,15H,4-9H2,1-3H3,(H2,14,17). The molecule has 100 valence electrons. The van der Waals surface area contributed by atoms with Gasteiger partial charge >= 0.3 is 0 Å². The Morgan fingerprint density at radius 1 is 1.47 bits per heavy atom. The maximum atomic E-state index is 10.9. The normalized spacial score (nSPS) is 26.4. The van der Waals surface area contributed by atoms with Crippen molar-refractivity contribution in [2.75, 3.05) is 26.2 Å². The van der Waals surface area contributed by atoms with Crippen molar-refractivity contribution in [3.8, 4) is 0 Å². The fourth-order valence-electron chi connectivity index (χ4n) is 2.54. The molecule has 1 heterocycles. The molecular formula is C13H27N3O. The number of nitrogens with one attached hydrogen (secondary N) is 1. The van der Waals surface area contributed by atoms with E-state index in [2.05, 4.69) is 31.0 Å². The van der Waals surface area contributed by atoms with E-state index in [4.69, 9.17) is 5.73 Å². The van der Waals surface area contributed by atoms with Crippen molar-refractivity contribution in [2.45, 2.75) is 39.7 Å². The van der Waals surface area contributed by atoms with Crippen LogP contribution < -0.4 is 11.1 Å². The minimum Gasteiger partial charge on any atom is -0.369 e. The van der Waals surface area contributed by atoms with E-state index in [1.165, 1.54) is 12.8 Å². The van der Waals surface area contributed by atoms with Gasteiger partial charge in [0.05, 0.1) is 6.54 Å². The molecule has 0 aliphatic carbocycles. The minimum absolute atomic E-state index is 0.222. The quantitative estimate of drug-likeness (QED) is 0.724. The number of likely N-dealkylation sites (tertiary alicyclic amines) is 1. The fourth-order valence-corrected chi connectivity index (χ4v) is 2.54. The molecule has 3 N–H and O–H groups in total. The number of carbonyl (C=O) groups excluding carboxylic acids is 1. The summed E-state index contributed by atoms with van der Waals surface area (Å²) in [6, 6.07) is 0.511. The number of piperidine rings is 1. The van der Waals surface area contributed by atoms with E-state index in [1.54, 1.807) is 0 Å². The second kappa shape index (κ2) is 6.97. The predicted molar refractivity (Wildman–Crippen MR) is 70.7 cm³/mol. The van der Waals surface area contributed by atoms with E-state index in [-0.39, 0.29) is 5.91 Å². The van der Waals surface area contributed by atoms with Gasteiger partial charge in [0.25, 0.3) is 0 Å². The summed E-state index contributed by atoms with van der Waals surface area (Å²) in [5.41, 5.74) is 5.25. The lowest BCUT2D eigenvalue weighted by atomic mass is 9.95. The molecule has 1 amide bonds. The average Bonchev–Trinajstić information content (AvgIpc) is 2.14. The van der Waals surface area contributed by atoms with E-state index in [9.17, 15) is 4.79 Å². The number of primary amides is 1. The highest BCUT2D eigenvalue weighted by molar-refractivity contribution is 5.75.